The number of alkyl carbamates (subject to hydrolysis) is 1. The van der Waals surface area contributed by atoms with Crippen LogP contribution in [0.2, 0.25) is 0 Å². The van der Waals surface area contributed by atoms with Gasteiger partial charge in [0, 0.05) is 6.54 Å². The van der Waals surface area contributed by atoms with Gasteiger partial charge in [0.25, 0.3) is 10.1 Å². The van der Waals surface area contributed by atoms with Crippen LogP contribution in [0.15, 0.2) is 59.5 Å². The van der Waals surface area contributed by atoms with E-state index in [0.29, 0.717) is 19.4 Å². The molecule has 140 valence electrons. The van der Waals surface area contributed by atoms with E-state index >= 15 is 0 Å². The van der Waals surface area contributed by atoms with Gasteiger partial charge in [-0.05, 0) is 37.5 Å². The van der Waals surface area contributed by atoms with Crippen LogP contribution in [0.3, 0.4) is 0 Å². The minimum absolute atomic E-state index is 0.0664. The summed E-state index contributed by atoms with van der Waals surface area (Å²) >= 11 is 0. The number of ether oxygens (including phenoxy) is 1. The van der Waals surface area contributed by atoms with Crippen LogP contribution in [0, 0.1) is 6.92 Å². The Bertz CT molecular complexity index is 788. The predicted molar refractivity (Wildman–Crippen MR) is 98.2 cm³/mol. The number of nitrogens with one attached hydrogen (secondary N) is 1. The monoisotopic (exact) mass is 377 g/mol. The standard InChI is InChI=1S/C19H23NO5S/c1-16-9-11-18(12-10-16)26(22,23)25-14-6-5-13-20-19(21)24-15-17-7-3-2-4-8-17/h2-4,7-12H,5-6,13-15H2,1H3,(H,20,21). The molecule has 0 unspecified atom stereocenters. The van der Waals surface area contributed by atoms with Gasteiger partial charge >= 0.3 is 6.09 Å². The lowest BCUT2D eigenvalue weighted by atomic mass is 10.2. The van der Waals surface area contributed by atoms with Crippen molar-refractivity contribution in [2.75, 3.05) is 13.2 Å². The quantitative estimate of drug-likeness (QED) is 0.535. The number of benzene rings is 2. The van der Waals surface area contributed by atoms with E-state index in [1.807, 2.05) is 37.3 Å². The maximum absolute atomic E-state index is 12.0. The third kappa shape index (κ3) is 6.85. The zero-order valence-electron chi connectivity index (χ0n) is 14.7. The fourth-order valence-corrected chi connectivity index (χ4v) is 3.08. The summed E-state index contributed by atoms with van der Waals surface area (Å²) in [5, 5.41) is 2.62. The average Bonchev–Trinajstić information content (AvgIpc) is 2.64. The van der Waals surface area contributed by atoms with E-state index in [-0.39, 0.29) is 18.1 Å². The molecular formula is C19H23NO5S. The minimum atomic E-state index is -3.73. The molecule has 7 heteroatoms. The van der Waals surface area contributed by atoms with Crippen LogP contribution in [-0.4, -0.2) is 27.7 Å². The third-order valence-corrected chi connectivity index (χ3v) is 4.93. The highest BCUT2D eigenvalue weighted by Crippen LogP contribution is 2.13. The van der Waals surface area contributed by atoms with E-state index in [1.54, 1.807) is 12.1 Å². The molecule has 0 bridgehead atoms. The molecule has 26 heavy (non-hydrogen) atoms. The first-order chi connectivity index (χ1) is 12.5. The highest BCUT2D eigenvalue weighted by Gasteiger charge is 2.14. The fraction of sp³-hybridized carbons (Fsp3) is 0.316. The number of amides is 1. The second-order valence-corrected chi connectivity index (χ2v) is 7.40. The van der Waals surface area contributed by atoms with E-state index in [1.165, 1.54) is 12.1 Å². The van der Waals surface area contributed by atoms with Gasteiger partial charge in [-0.2, -0.15) is 8.42 Å². The molecule has 0 aliphatic carbocycles. The van der Waals surface area contributed by atoms with Gasteiger partial charge in [0.05, 0.1) is 11.5 Å². The second kappa shape index (κ2) is 9.94. The van der Waals surface area contributed by atoms with Crippen LogP contribution < -0.4 is 5.32 Å². The molecular weight excluding hydrogens is 354 g/mol. The first-order valence-electron chi connectivity index (χ1n) is 8.38. The molecule has 2 aromatic carbocycles. The van der Waals surface area contributed by atoms with Crippen LogP contribution in [-0.2, 0) is 25.6 Å². The van der Waals surface area contributed by atoms with E-state index in [9.17, 15) is 13.2 Å². The first kappa shape index (κ1) is 19.9. The van der Waals surface area contributed by atoms with Crippen LogP contribution in [0.25, 0.3) is 0 Å². The molecule has 0 heterocycles. The number of carbonyl (C=O) groups is 1. The number of hydrogen-bond donors (Lipinski definition) is 1. The summed E-state index contributed by atoms with van der Waals surface area (Å²) in [4.78, 5) is 11.7. The molecule has 0 spiro atoms. The molecule has 0 atom stereocenters. The van der Waals surface area contributed by atoms with Crippen molar-refractivity contribution >= 4 is 16.2 Å². The van der Waals surface area contributed by atoms with E-state index in [2.05, 4.69) is 5.32 Å². The highest BCUT2D eigenvalue weighted by atomic mass is 32.2. The number of carbonyl (C=O) groups excluding carboxylic acids is 1. The van der Waals surface area contributed by atoms with Crippen molar-refractivity contribution in [3.63, 3.8) is 0 Å². The minimum Gasteiger partial charge on any atom is -0.445 e. The van der Waals surface area contributed by atoms with E-state index in [0.717, 1.165) is 11.1 Å². The van der Waals surface area contributed by atoms with E-state index < -0.39 is 16.2 Å². The summed E-state index contributed by atoms with van der Waals surface area (Å²) in [5.74, 6) is 0. The largest absolute Gasteiger partial charge is 0.445 e. The maximum Gasteiger partial charge on any atom is 0.407 e. The average molecular weight is 377 g/mol. The van der Waals surface area contributed by atoms with Crippen molar-refractivity contribution in [1.29, 1.82) is 0 Å². The Kier molecular flexibility index (Phi) is 7.62. The summed E-state index contributed by atoms with van der Waals surface area (Å²) in [7, 11) is -3.73. The van der Waals surface area contributed by atoms with Gasteiger partial charge in [-0.3, -0.25) is 4.18 Å². The molecule has 0 saturated heterocycles. The Morgan fingerprint density at radius 1 is 1.00 bits per heavy atom. The van der Waals surface area contributed by atoms with Crippen molar-refractivity contribution in [2.45, 2.75) is 31.3 Å². The van der Waals surface area contributed by atoms with Crippen molar-refractivity contribution in [3.05, 3.63) is 65.7 Å². The number of hydrogen-bond acceptors (Lipinski definition) is 5. The molecule has 1 N–H and O–H groups in total. The summed E-state index contributed by atoms with van der Waals surface area (Å²) < 4.78 is 34.1. The van der Waals surface area contributed by atoms with Crippen LogP contribution in [0.4, 0.5) is 4.79 Å². The topological polar surface area (TPSA) is 81.7 Å². The SMILES string of the molecule is Cc1ccc(S(=O)(=O)OCCCCNC(=O)OCc2ccccc2)cc1. The molecule has 0 aliphatic heterocycles. The summed E-state index contributed by atoms with van der Waals surface area (Å²) in [6, 6.07) is 15.9. The van der Waals surface area contributed by atoms with Gasteiger partial charge in [0.1, 0.15) is 6.61 Å². The molecule has 2 rings (SSSR count). The summed E-state index contributed by atoms with van der Waals surface area (Å²) in [6.07, 6.45) is 0.593. The molecule has 0 aromatic heterocycles. The molecule has 0 saturated carbocycles. The Hall–Kier alpha value is -2.38. The molecule has 0 fully saturated rings. The first-order valence-corrected chi connectivity index (χ1v) is 9.79. The summed E-state index contributed by atoms with van der Waals surface area (Å²) in [6.45, 7) is 2.55. The lowest BCUT2D eigenvalue weighted by Crippen LogP contribution is -2.25. The smallest absolute Gasteiger partial charge is 0.407 e. The lowest BCUT2D eigenvalue weighted by Gasteiger charge is -2.08. The van der Waals surface area contributed by atoms with Gasteiger partial charge in [0.2, 0.25) is 0 Å². The van der Waals surface area contributed by atoms with E-state index in [4.69, 9.17) is 8.92 Å². The van der Waals surface area contributed by atoms with Gasteiger partial charge in [0.15, 0.2) is 0 Å². The van der Waals surface area contributed by atoms with Gasteiger partial charge in [-0.1, -0.05) is 48.0 Å². The fourth-order valence-electron chi connectivity index (χ4n) is 2.13. The van der Waals surface area contributed by atoms with Crippen LogP contribution in [0.5, 0.6) is 0 Å². The number of aryl methyl sites for hydroxylation is 1. The normalized spacial score (nSPS) is 11.1. The molecule has 6 nitrogen and oxygen atoms in total. The zero-order chi connectivity index (χ0) is 18.8. The van der Waals surface area contributed by atoms with Gasteiger partial charge < -0.3 is 10.1 Å². The summed E-state index contributed by atoms with van der Waals surface area (Å²) in [5.41, 5.74) is 1.89. The highest BCUT2D eigenvalue weighted by molar-refractivity contribution is 7.86. The molecule has 1 amide bonds. The number of unbranched alkanes of at least 4 members (excludes halogenated alkanes) is 1. The van der Waals surface area contributed by atoms with Crippen molar-refractivity contribution in [2.24, 2.45) is 0 Å². The maximum atomic E-state index is 12.0. The zero-order valence-corrected chi connectivity index (χ0v) is 15.5. The van der Waals surface area contributed by atoms with Crippen molar-refractivity contribution < 1.29 is 22.1 Å². The number of rotatable bonds is 9. The Labute approximate surface area is 154 Å². The predicted octanol–water partition coefficient (Wildman–Crippen LogP) is 3.41. The Balaban J connectivity index is 1.58. The Morgan fingerprint density at radius 2 is 1.69 bits per heavy atom. The lowest BCUT2D eigenvalue weighted by molar-refractivity contribution is 0.139. The van der Waals surface area contributed by atoms with Crippen LogP contribution >= 0.6 is 0 Å². The second-order valence-electron chi connectivity index (χ2n) is 5.78. The molecule has 0 radical (unpaired) electrons. The van der Waals surface area contributed by atoms with Gasteiger partial charge in [-0.15, -0.1) is 0 Å². The molecule has 0 aliphatic rings. The molecule has 2 aromatic rings. The van der Waals surface area contributed by atoms with Crippen molar-refractivity contribution in [1.82, 2.24) is 5.32 Å². The third-order valence-electron chi connectivity index (χ3n) is 3.60. The van der Waals surface area contributed by atoms with Gasteiger partial charge in [-0.25, -0.2) is 4.79 Å². The Morgan fingerprint density at radius 3 is 2.38 bits per heavy atom. The van der Waals surface area contributed by atoms with Crippen molar-refractivity contribution in [3.8, 4) is 0 Å². The van der Waals surface area contributed by atoms with Crippen LogP contribution in [0.1, 0.15) is 24.0 Å².